The van der Waals surface area contributed by atoms with Crippen molar-refractivity contribution in [3.8, 4) is 11.5 Å². The van der Waals surface area contributed by atoms with E-state index < -0.39 is 0 Å². The molecule has 0 atom stereocenters. The molecule has 0 aliphatic rings. The van der Waals surface area contributed by atoms with E-state index in [0.717, 1.165) is 5.75 Å². The minimum Gasteiger partial charge on any atom is -0.457 e. The van der Waals surface area contributed by atoms with E-state index in [1.165, 1.54) is 0 Å². The number of carbonyl (C=O) groups is 1. The molecular formula is C19H13ClO2. The average molecular weight is 309 g/mol. The van der Waals surface area contributed by atoms with Crippen molar-refractivity contribution in [2.24, 2.45) is 0 Å². The van der Waals surface area contributed by atoms with Crippen LogP contribution >= 0.6 is 11.6 Å². The molecule has 0 bridgehead atoms. The van der Waals surface area contributed by atoms with Crippen LogP contribution in [0, 0.1) is 0 Å². The molecule has 22 heavy (non-hydrogen) atoms. The van der Waals surface area contributed by atoms with Gasteiger partial charge in [0.2, 0.25) is 0 Å². The summed E-state index contributed by atoms with van der Waals surface area (Å²) in [6, 6.07) is 23.6. The van der Waals surface area contributed by atoms with Crippen LogP contribution in [-0.4, -0.2) is 5.78 Å². The Bertz CT molecular complexity index is 783. The predicted molar refractivity (Wildman–Crippen MR) is 87.8 cm³/mol. The second kappa shape index (κ2) is 6.46. The number of benzene rings is 3. The number of halogens is 1. The molecule has 0 saturated heterocycles. The van der Waals surface area contributed by atoms with Crippen LogP contribution < -0.4 is 4.74 Å². The van der Waals surface area contributed by atoms with Crippen molar-refractivity contribution in [1.82, 2.24) is 0 Å². The largest absolute Gasteiger partial charge is 0.457 e. The molecule has 0 fully saturated rings. The van der Waals surface area contributed by atoms with Gasteiger partial charge in [0.1, 0.15) is 11.5 Å². The van der Waals surface area contributed by atoms with Crippen molar-refractivity contribution in [3.05, 3.63) is 95.0 Å². The predicted octanol–water partition coefficient (Wildman–Crippen LogP) is 5.36. The van der Waals surface area contributed by atoms with Crippen LogP contribution in [0.15, 0.2) is 78.9 Å². The van der Waals surface area contributed by atoms with Crippen LogP contribution in [0.5, 0.6) is 11.5 Å². The lowest BCUT2D eigenvalue weighted by atomic mass is 10.0. The number of hydrogen-bond acceptors (Lipinski definition) is 2. The lowest BCUT2D eigenvalue weighted by Gasteiger charge is -2.08. The second-order valence-corrected chi connectivity index (χ2v) is 5.16. The molecule has 0 spiro atoms. The smallest absolute Gasteiger partial charge is 0.194 e. The number of rotatable bonds is 4. The van der Waals surface area contributed by atoms with Crippen LogP contribution in [0.25, 0.3) is 0 Å². The number of para-hydroxylation sites is 1. The molecule has 0 unspecified atom stereocenters. The van der Waals surface area contributed by atoms with E-state index in [1.54, 1.807) is 30.3 Å². The first-order chi connectivity index (χ1) is 10.7. The van der Waals surface area contributed by atoms with E-state index in [2.05, 4.69) is 0 Å². The Morgan fingerprint density at radius 1 is 0.773 bits per heavy atom. The van der Waals surface area contributed by atoms with Crippen molar-refractivity contribution >= 4 is 17.4 Å². The van der Waals surface area contributed by atoms with Gasteiger partial charge in [-0.1, -0.05) is 60.1 Å². The molecule has 3 aromatic carbocycles. The zero-order valence-corrected chi connectivity index (χ0v) is 12.5. The highest BCUT2D eigenvalue weighted by molar-refractivity contribution is 6.35. The maximum absolute atomic E-state index is 12.4. The monoisotopic (exact) mass is 308 g/mol. The van der Waals surface area contributed by atoms with Gasteiger partial charge in [-0.05, 0) is 24.3 Å². The molecule has 3 rings (SSSR count). The SMILES string of the molecule is O=C(c1ccccc1)c1ccc(Oc2ccccc2)cc1Cl. The van der Waals surface area contributed by atoms with Gasteiger partial charge in [0.05, 0.1) is 5.02 Å². The van der Waals surface area contributed by atoms with Crippen molar-refractivity contribution in [1.29, 1.82) is 0 Å². The number of ketones is 1. The van der Waals surface area contributed by atoms with E-state index in [0.29, 0.717) is 21.9 Å². The van der Waals surface area contributed by atoms with Crippen LogP contribution in [0.3, 0.4) is 0 Å². The average Bonchev–Trinajstić information content (AvgIpc) is 2.56. The summed E-state index contributed by atoms with van der Waals surface area (Å²) in [6.07, 6.45) is 0. The quantitative estimate of drug-likeness (QED) is 0.606. The van der Waals surface area contributed by atoms with E-state index in [1.807, 2.05) is 48.5 Å². The number of carbonyl (C=O) groups excluding carboxylic acids is 1. The third-order valence-electron chi connectivity index (χ3n) is 3.20. The first-order valence-electron chi connectivity index (χ1n) is 6.86. The summed E-state index contributed by atoms with van der Waals surface area (Å²) in [5.74, 6) is 1.22. The summed E-state index contributed by atoms with van der Waals surface area (Å²) >= 11 is 6.24. The molecule has 0 aromatic heterocycles. The molecule has 0 radical (unpaired) electrons. The maximum Gasteiger partial charge on any atom is 0.194 e. The Balaban J connectivity index is 1.85. The Labute approximate surface area is 133 Å². The van der Waals surface area contributed by atoms with Crippen LogP contribution in [0.1, 0.15) is 15.9 Å². The van der Waals surface area contributed by atoms with Crippen molar-refractivity contribution in [2.75, 3.05) is 0 Å². The lowest BCUT2D eigenvalue weighted by molar-refractivity contribution is 0.103. The number of hydrogen-bond donors (Lipinski definition) is 0. The second-order valence-electron chi connectivity index (χ2n) is 4.75. The zero-order valence-electron chi connectivity index (χ0n) is 11.7. The van der Waals surface area contributed by atoms with E-state index in [4.69, 9.17) is 16.3 Å². The normalized spacial score (nSPS) is 10.2. The van der Waals surface area contributed by atoms with Gasteiger partial charge in [0.15, 0.2) is 5.78 Å². The van der Waals surface area contributed by atoms with E-state index >= 15 is 0 Å². The van der Waals surface area contributed by atoms with Crippen molar-refractivity contribution in [3.63, 3.8) is 0 Å². The molecule has 0 heterocycles. The van der Waals surface area contributed by atoms with Gasteiger partial charge in [-0.15, -0.1) is 0 Å². The summed E-state index contributed by atoms with van der Waals surface area (Å²) in [4.78, 5) is 12.4. The third kappa shape index (κ3) is 3.18. The fourth-order valence-corrected chi connectivity index (χ4v) is 2.37. The van der Waals surface area contributed by atoms with Gasteiger partial charge in [-0.2, -0.15) is 0 Å². The molecule has 3 heteroatoms. The highest BCUT2D eigenvalue weighted by Gasteiger charge is 2.13. The Kier molecular flexibility index (Phi) is 4.22. The zero-order chi connectivity index (χ0) is 15.4. The summed E-state index contributed by atoms with van der Waals surface area (Å²) in [7, 11) is 0. The standard InChI is InChI=1S/C19H13ClO2/c20-18-13-16(22-15-9-5-2-6-10-15)11-12-17(18)19(21)14-7-3-1-4-8-14/h1-13H. The maximum atomic E-state index is 12.4. The summed E-state index contributed by atoms with van der Waals surface area (Å²) in [5, 5.41) is 0.377. The van der Waals surface area contributed by atoms with E-state index in [9.17, 15) is 4.79 Å². The van der Waals surface area contributed by atoms with Crippen LogP contribution in [0.2, 0.25) is 5.02 Å². The first-order valence-corrected chi connectivity index (χ1v) is 7.24. The minimum atomic E-state index is -0.100. The molecule has 2 nitrogen and oxygen atoms in total. The van der Waals surface area contributed by atoms with Gasteiger partial charge in [0.25, 0.3) is 0 Å². The fraction of sp³-hybridized carbons (Fsp3) is 0. The Morgan fingerprint density at radius 3 is 2.05 bits per heavy atom. The Hall–Kier alpha value is -2.58. The van der Waals surface area contributed by atoms with Crippen LogP contribution in [-0.2, 0) is 0 Å². The molecule has 0 aliphatic carbocycles. The summed E-state index contributed by atoms with van der Waals surface area (Å²) in [5.41, 5.74) is 1.08. The molecule has 0 N–H and O–H groups in total. The third-order valence-corrected chi connectivity index (χ3v) is 3.51. The topological polar surface area (TPSA) is 26.3 Å². The molecular weight excluding hydrogens is 296 g/mol. The highest BCUT2D eigenvalue weighted by Crippen LogP contribution is 2.28. The molecule has 3 aromatic rings. The number of ether oxygens (including phenoxy) is 1. The van der Waals surface area contributed by atoms with Crippen LogP contribution in [0.4, 0.5) is 0 Å². The molecule has 108 valence electrons. The molecule has 0 saturated carbocycles. The highest BCUT2D eigenvalue weighted by atomic mass is 35.5. The fourth-order valence-electron chi connectivity index (χ4n) is 2.11. The summed E-state index contributed by atoms with van der Waals surface area (Å²) < 4.78 is 5.70. The van der Waals surface area contributed by atoms with E-state index in [-0.39, 0.29) is 5.78 Å². The van der Waals surface area contributed by atoms with Crippen molar-refractivity contribution in [2.45, 2.75) is 0 Å². The lowest BCUT2D eigenvalue weighted by Crippen LogP contribution is -2.01. The van der Waals surface area contributed by atoms with Gasteiger partial charge in [-0.25, -0.2) is 0 Å². The molecule has 0 aliphatic heterocycles. The van der Waals surface area contributed by atoms with Crippen molar-refractivity contribution < 1.29 is 9.53 Å². The van der Waals surface area contributed by atoms with Gasteiger partial charge in [0, 0.05) is 17.2 Å². The van der Waals surface area contributed by atoms with Gasteiger partial charge < -0.3 is 4.74 Å². The van der Waals surface area contributed by atoms with Gasteiger partial charge >= 0.3 is 0 Å². The molecule has 0 amide bonds. The first kappa shape index (κ1) is 14.4. The summed E-state index contributed by atoms with van der Waals surface area (Å²) in [6.45, 7) is 0. The Morgan fingerprint density at radius 2 is 1.41 bits per heavy atom. The van der Waals surface area contributed by atoms with Gasteiger partial charge in [-0.3, -0.25) is 4.79 Å². The minimum absolute atomic E-state index is 0.100.